The molecule has 5 aromatic rings. The highest BCUT2D eigenvalue weighted by molar-refractivity contribution is 6.07. The van der Waals surface area contributed by atoms with Crippen LogP contribution < -0.4 is 15.4 Å². The minimum Gasteiger partial charge on any atom is -0.488 e. The first-order chi connectivity index (χ1) is 26.6. The number of rotatable bonds is 11. The van der Waals surface area contributed by atoms with Gasteiger partial charge in [0.25, 0.3) is 0 Å². The van der Waals surface area contributed by atoms with Crippen molar-refractivity contribution in [1.82, 2.24) is 40.4 Å². The van der Waals surface area contributed by atoms with Gasteiger partial charge in [0.1, 0.15) is 36.6 Å². The fourth-order valence-electron chi connectivity index (χ4n) is 7.49. The molecular formula is C40H46N8O7. The van der Waals surface area contributed by atoms with Gasteiger partial charge in [-0.1, -0.05) is 39.0 Å². The zero-order valence-electron chi connectivity index (χ0n) is 31.7. The summed E-state index contributed by atoms with van der Waals surface area (Å²) in [5.74, 6) is 1.62. The van der Waals surface area contributed by atoms with Gasteiger partial charge >= 0.3 is 12.2 Å². The summed E-state index contributed by atoms with van der Waals surface area (Å²) in [5, 5.41) is 7.11. The van der Waals surface area contributed by atoms with Crippen LogP contribution >= 0.6 is 0 Å². The Morgan fingerprint density at radius 3 is 2.62 bits per heavy atom. The Labute approximate surface area is 318 Å². The third-order valence-electron chi connectivity index (χ3n) is 10.3. The van der Waals surface area contributed by atoms with Crippen molar-refractivity contribution < 1.29 is 33.4 Å². The SMILES string of the molecule is CCCN(Cc1ncc(-c2ccc3c(c2)COc2cc4c(ccc5[nH]c(C6CCCN6C(=O)C(NC(=O)OC)C(C)C)nc54)cc2-3)[nH]1)C(=O)CNC(=O)OC. The molecule has 2 unspecified atom stereocenters. The van der Waals surface area contributed by atoms with Gasteiger partial charge in [0.15, 0.2) is 0 Å². The smallest absolute Gasteiger partial charge is 0.407 e. The van der Waals surface area contributed by atoms with Crippen LogP contribution in [0.3, 0.4) is 0 Å². The second-order valence-electron chi connectivity index (χ2n) is 14.3. The number of likely N-dealkylation sites (tertiary alicyclic amines) is 1. The molecule has 1 fully saturated rings. The van der Waals surface area contributed by atoms with Crippen molar-refractivity contribution in [1.29, 1.82) is 0 Å². The van der Waals surface area contributed by atoms with Gasteiger partial charge in [-0.05, 0) is 71.5 Å². The van der Waals surface area contributed by atoms with E-state index in [0.29, 0.717) is 31.3 Å². The highest BCUT2D eigenvalue weighted by Crippen LogP contribution is 2.43. The molecule has 2 aliphatic heterocycles. The largest absolute Gasteiger partial charge is 0.488 e. The van der Waals surface area contributed by atoms with E-state index in [2.05, 4.69) is 54.6 Å². The van der Waals surface area contributed by atoms with Gasteiger partial charge in [0.05, 0.1) is 49.7 Å². The van der Waals surface area contributed by atoms with E-state index in [-0.39, 0.29) is 36.9 Å². The molecule has 7 rings (SSSR count). The molecule has 1 saturated heterocycles. The molecule has 0 spiro atoms. The third-order valence-corrected chi connectivity index (χ3v) is 10.3. The molecule has 15 heteroatoms. The summed E-state index contributed by atoms with van der Waals surface area (Å²) in [5.41, 5.74) is 6.53. The van der Waals surface area contributed by atoms with Crippen molar-refractivity contribution in [2.45, 2.75) is 65.3 Å². The zero-order valence-corrected chi connectivity index (χ0v) is 31.7. The minimum atomic E-state index is -0.708. The summed E-state index contributed by atoms with van der Waals surface area (Å²) in [7, 11) is 2.54. The van der Waals surface area contributed by atoms with Crippen LogP contribution in [0.25, 0.3) is 44.2 Å². The van der Waals surface area contributed by atoms with Crippen molar-refractivity contribution in [2.75, 3.05) is 33.9 Å². The number of nitrogens with one attached hydrogen (secondary N) is 4. The quantitative estimate of drug-likeness (QED) is 0.130. The Balaban J connectivity index is 1.11. The molecular weight excluding hydrogens is 704 g/mol. The molecule has 2 aromatic heterocycles. The molecule has 3 aromatic carbocycles. The average Bonchev–Trinajstić information content (AvgIpc) is 3.97. The predicted octanol–water partition coefficient (Wildman–Crippen LogP) is 5.80. The number of alkyl carbamates (subject to hydrolysis) is 2. The lowest BCUT2D eigenvalue weighted by Gasteiger charge is -2.29. The lowest BCUT2D eigenvalue weighted by molar-refractivity contribution is -0.135. The zero-order chi connectivity index (χ0) is 38.8. The number of fused-ring (bicyclic) bond motifs is 6. The molecule has 0 saturated carbocycles. The number of amides is 4. The molecule has 15 nitrogen and oxygen atoms in total. The van der Waals surface area contributed by atoms with Gasteiger partial charge in [0, 0.05) is 24.0 Å². The number of benzene rings is 3. The number of carbonyl (C=O) groups is 4. The van der Waals surface area contributed by atoms with Crippen molar-refractivity contribution in [3.63, 3.8) is 0 Å². The molecule has 288 valence electrons. The fourth-order valence-corrected chi connectivity index (χ4v) is 7.49. The van der Waals surface area contributed by atoms with Crippen LogP contribution in [0, 0.1) is 5.92 Å². The highest BCUT2D eigenvalue weighted by Gasteiger charge is 2.37. The first kappa shape index (κ1) is 37.2. The molecule has 0 radical (unpaired) electrons. The van der Waals surface area contributed by atoms with Crippen LogP contribution in [0.4, 0.5) is 9.59 Å². The third kappa shape index (κ3) is 7.51. The Morgan fingerprint density at radius 2 is 1.85 bits per heavy atom. The van der Waals surface area contributed by atoms with Gasteiger partial charge in [-0.2, -0.15) is 0 Å². The van der Waals surface area contributed by atoms with E-state index in [1.54, 1.807) is 11.1 Å². The maximum atomic E-state index is 13.7. The van der Waals surface area contributed by atoms with Gasteiger partial charge in [0.2, 0.25) is 11.8 Å². The first-order valence-electron chi connectivity index (χ1n) is 18.6. The number of hydrogen-bond acceptors (Lipinski definition) is 9. The van der Waals surface area contributed by atoms with Crippen LogP contribution in [0.5, 0.6) is 5.75 Å². The highest BCUT2D eigenvalue weighted by atomic mass is 16.5. The number of H-pyrrole nitrogens is 2. The molecule has 0 bridgehead atoms. The fraction of sp³-hybridized carbons (Fsp3) is 0.400. The number of imidazole rings is 2. The Hall–Kier alpha value is -6.12. The number of hydrogen-bond donors (Lipinski definition) is 4. The lowest BCUT2D eigenvalue weighted by Crippen LogP contribution is -2.51. The number of ether oxygens (including phenoxy) is 3. The maximum absolute atomic E-state index is 13.7. The van der Waals surface area contributed by atoms with Crippen LogP contribution in [0.2, 0.25) is 0 Å². The number of methoxy groups -OCH3 is 2. The molecule has 2 atom stereocenters. The Bertz CT molecular complexity index is 2260. The Morgan fingerprint density at radius 1 is 1.04 bits per heavy atom. The van der Waals surface area contributed by atoms with Crippen LogP contribution in [0.1, 0.15) is 63.3 Å². The first-order valence-corrected chi connectivity index (χ1v) is 18.6. The van der Waals surface area contributed by atoms with E-state index >= 15 is 0 Å². The number of nitrogens with zero attached hydrogens (tertiary/aromatic N) is 4. The normalized spacial score (nSPS) is 15.3. The second kappa shape index (κ2) is 15.7. The summed E-state index contributed by atoms with van der Waals surface area (Å²) in [6, 6.07) is 13.6. The molecule has 4 amide bonds. The summed E-state index contributed by atoms with van der Waals surface area (Å²) in [6.07, 6.45) is 2.82. The van der Waals surface area contributed by atoms with Crippen LogP contribution in [-0.2, 0) is 32.2 Å². The van der Waals surface area contributed by atoms with Crippen molar-refractivity contribution in [2.24, 2.45) is 5.92 Å². The summed E-state index contributed by atoms with van der Waals surface area (Å²) < 4.78 is 15.7. The number of carbonyl (C=O) groups excluding carboxylic acids is 4. The van der Waals surface area contributed by atoms with E-state index in [1.165, 1.54) is 14.2 Å². The van der Waals surface area contributed by atoms with E-state index in [1.807, 2.05) is 43.9 Å². The van der Waals surface area contributed by atoms with Gasteiger partial charge in [-0.3, -0.25) is 9.59 Å². The minimum absolute atomic E-state index is 0.121. The monoisotopic (exact) mass is 750 g/mol. The predicted molar refractivity (Wildman–Crippen MR) is 205 cm³/mol. The molecule has 55 heavy (non-hydrogen) atoms. The molecule has 0 aliphatic carbocycles. The lowest BCUT2D eigenvalue weighted by atomic mass is 9.92. The molecule has 4 heterocycles. The van der Waals surface area contributed by atoms with Crippen molar-refractivity contribution in [3.05, 3.63) is 65.9 Å². The summed E-state index contributed by atoms with van der Waals surface area (Å²) in [4.78, 5) is 69.9. The van der Waals surface area contributed by atoms with E-state index < -0.39 is 18.2 Å². The number of aromatic amines is 2. The van der Waals surface area contributed by atoms with Gasteiger partial charge in [-0.25, -0.2) is 19.6 Å². The molecule has 2 aliphatic rings. The van der Waals surface area contributed by atoms with E-state index in [4.69, 9.17) is 14.5 Å². The van der Waals surface area contributed by atoms with Crippen LogP contribution in [0.15, 0.2) is 48.7 Å². The van der Waals surface area contributed by atoms with Crippen LogP contribution in [-0.4, -0.2) is 93.6 Å². The summed E-state index contributed by atoms with van der Waals surface area (Å²) in [6.45, 7) is 7.38. The second-order valence-corrected chi connectivity index (χ2v) is 14.3. The average molecular weight is 751 g/mol. The van der Waals surface area contributed by atoms with Gasteiger partial charge in [-0.15, -0.1) is 0 Å². The topological polar surface area (TPSA) is 184 Å². The van der Waals surface area contributed by atoms with E-state index in [9.17, 15) is 19.2 Å². The van der Waals surface area contributed by atoms with Crippen molar-refractivity contribution >= 4 is 45.8 Å². The number of aromatic nitrogens is 4. The Kier molecular flexibility index (Phi) is 10.6. The van der Waals surface area contributed by atoms with Crippen molar-refractivity contribution in [3.8, 4) is 28.1 Å². The standard InChI is InChI=1S/C40H46N8O7/c1-6-13-47(34(49)19-42-39(51)53-4)20-33-41-18-30(43-33)24-9-11-26-25(15-24)21-55-32-17-27-23(16-28(26)32)10-12-29-36(27)45-37(44-29)31-8-7-14-48(31)38(50)35(22(2)3)46-40(52)54-5/h9-12,15-18,22,31,35H,6-8,13-14,19-21H2,1-5H3,(H,41,43)(H,42,51)(H,44,45)(H,46,52). The van der Waals surface area contributed by atoms with Gasteiger partial charge < -0.3 is 44.6 Å². The summed E-state index contributed by atoms with van der Waals surface area (Å²) >= 11 is 0. The maximum Gasteiger partial charge on any atom is 0.407 e. The van der Waals surface area contributed by atoms with E-state index in [0.717, 1.165) is 74.8 Å². The molecule has 4 N–H and O–H groups in total.